The number of ether oxygens (including phenoxy) is 1. The van der Waals surface area contributed by atoms with Crippen molar-refractivity contribution in [2.45, 2.75) is 62.4 Å². The van der Waals surface area contributed by atoms with E-state index in [1.54, 1.807) is 41.3 Å². The number of carbonyl (C=O) groups is 3. The van der Waals surface area contributed by atoms with Crippen LogP contribution in [0.5, 0.6) is 5.75 Å². The maximum atomic E-state index is 13.2. The van der Waals surface area contributed by atoms with E-state index in [0.29, 0.717) is 24.2 Å². The van der Waals surface area contributed by atoms with Gasteiger partial charge in [-0.3, -0.25) is 9.59 Å². The highest BCUT2D eigenvalue weighted by Gasteiger charge is 2.40. The lowest BCUT2D eigenvalue weighted by molar-refractivity contribution is -0.142. The van der Waals surface area contributed by atoms with Gasteiger partial charge in [-0.2, -0.15) is 4.31 Å². The molecule has 11 heteroatoms. The van der Waals surface area contributed by atoms with Gasteiger partial charge in [-0.15, -0.1) is 0 Å². The number of aryl methyl sites for hydroxylation is 1. The van der Waals surface area contributed by atoms with E-state index in [1.165, 1.54) is 12.1 Å². The van der Waals surface area contributed by atoms with Crippen LogP contribution in [-0.4, -0.2) is 78.8 Å². The topological polar surface area (TPSA) is 133 Å². The maximum Gasteiger partial charge on any atom is 0.326 e. The highest BCUT2D eigenvalue weighted by Crippen LogP contribution is 2.27. The van der Waals surface area contributed by atoms with Gasteiger partial charge in [-0.1, -0.05) is 29.8 Å². The molecule has 2 aliphatic rings. The lowest BCUT2D eigenvalue weighted by Gasteiger charge is -2.26. The van der Waals surface area contributed by atoms with E-state index in [-0.39, 0.29) is 30.4 Å². The Labute approximate surface area is 229 Å². The molecule has 2 N–H and O–H groups in total. The third-order valence-electron chi connectivity index (χ3n) is 7.18. The second-order valence-corrected chi connectivity index (χ2v) is 12.0. The van der Waals surface area contributed by atoms with Gasteiger partial charge in [0.05, 0.1) is 4.90 Å². The van der Waals surface area contributed by atoms with Crippen molar-refractivity contribution in [2.75, 3.05) is 26.2 Å². The normalized spacial score (nSPS) is 18.9. The summed E-state index contributed by atoms with van der Waals surface area (Å²) in [6.45, 7) is 3.48. The molecular formula is C28H35N3O7S. The summed E-state index contributed by atoms with van der Waals surface area (Å²) in [6, 6.07) is 10.9. The summed E-state index contributed by atoms with van der Waals surface area (Å²) in [6.07, 6.45) is 3.96. The smallest absolute Gasteiger partial charge is 0.326 e. The fraction of sp³-hybridized carbons (Fsp3) is 0.464. The highest BCUT2D eigenvalue weighted by molar-refractivity contribution is 7.89. The van der Waals surface area contributed by atoms with Gasteiger partial charge >= 0.3 is 5.97 Å². The second-order valence-electron chi connectivity index (χ2n) is 10.1. The van der Waals surface area contributed by atoms with Crippen LogP contribution >= 0.6 is 0 Å². The zero-order chi connectivity index (χ0) is 28.0. The van der Waals surface area contributed by atoms with Crippen LogP contribution in [0, 0.1) is 6.92 Å². The summed E-state index contributed by atoms with van der Waals surface area (Å²) in [5, 5.41) is 12.3. The summed E-state index contributed by atoms with van der Waals surface area (Å²) < 4.78 is 33.1. The first-order valence-electron chi connectivity index (χ1n) is 13.3. The highest BCUT2D eigenvalue weighted by atomic mass is 32.2. The minimum atomic E-state index is -3.90. The molecule has 210 valence electrons. The molecule has 0 radical (unpaired) electrons. The average Bonchev–Trinajstić information content (AvgIpc) is 3.44. The SMILES string of the molecule is Cc1ccc(S(=O)(=O)N2CCC[C@H]2C(=O)N[C@@H](Cc2ccc(OCC(=O)N3CCCCC3)cc2)C(=O)O)cc1. The standard InChI is InChI=1S/C28H35N3O7S/c1-20-7-13-23(14-8-20)39(36,37)31-17-5-6-25(31)27(33)29-24(28(34)35)18-21-9-11-22(12-10-21)38-19-26(32)30-15-3-2-4-16-30/h7-14,24-25H,2-6,15-19H2,1H3,(H,29,33)(H,34,35)/t24-,25-/m0/s1. The number of hydrogen-bond donors (Lipinski definition) is 2. The number of nitrogens with one attached hydrogen (secondary N) is 1. The van der Waals surface area contributed by atoms with Gasteiger partial charge < -0.3 is 20.1 Å². The molecule has 2 aromatic carbocycles. The first kappa shape index (κ1) is 28.6. The number of hydrogen-bond acceptors (Lipinski definition) is 6. The largest absolute Gasteiger partial charge is 0.484 e. The van der Waals surface area contributed by atoms with Gasteiger partial charge in [-0.25, -0.2) is 13.2 Å². The summed E-state index contributed by atoms with van der Waals surface area (Å²) in [7, 11) is -3.90. The molecule has 2 aliphatic heterocycles. The van der Waals surface area contributed by atoms with Crippen molar-refractivity contribution in [3.63, 3.8) is 0 Å². The Kier molecular flexibility index (Phi) is 9.24. The van der Waals surface area contributed by atoms with E-state index in [4.69, 9.17) is 4.74 Å². The monoisotopic (exact) mass is 557 g/mol. The van der Waals surface area contributed by atoms with Crippen LogP contribution in [0.3, 0.4) is 0 Å². The molecule has 2 atom stereocenters. The predicted molar refractivity (Wildman–Crippen MR) is 144 cm³/mol. The molecule has 0 aliphatic carbocycles. The first-order valence-corrected chi connectivity index (χ1v) is 14.7. The molecule has 2 aromatic rings. The fourth-order valence-corrected chi connectivity index (χ4v) is 6.60. The zero-order valence-corrected chi connectivity index (χ0v) is 22.9. The van der Waals surface area contributed by atoms with E-state index in [0.717, 1.165) is 42.2 Å². The van der Waals surface area contributed by atoms with Crippen molar-refractivity contribution in [2.24, 2.45) is 0 Å². The van der Waals surface area contributed by atoms with E-state index >= 15 is 0 Å². The second kappa shape index (κ2) is 12.6. The van der Waals surface area contributed by atoms with Crippen molar-refractivity contribution < 1.29 is 32.6 Å². The molecule has 0 unspecified atom stereocenters. The summed E-state index contributed by atoms with van der Waals surface area (Å²) in [5.41, 5.74) is 1.56. The van der Waals surface area contributed by atoms with Crippen LogP contribution in [0.2, 0.25) is 0 Å². The molecule has 0 bridgehead atoms. The Balaban J connectivity index is 1.35. The number of amides is 2. The van der Waals surface area contributed by atoms with Crippen molar-refractivity contribution in [1.29, 1.82) is 0 Å². The number of carbonyl (C=O) groups excluding carboxylic acids is 2. The van der Waals surface area contributed by atoms with Gasteiger partial charge in [0.2, 0.25) is 15.9 Å². The average molecular weight is 558 g/mol. The Bertz CT molecular complexity index is 1270. The molecule has 2 heterocycles. The van der Waals surface area contributed by atoms with Crippen LogP contribution < -0.4 is 10.1 Å². The van der Waals surface area contributed by atoms with Gasteiger partial charge in [0, 0.05) is 26.1 Å². The number of likely N-dealkylation sites (tertiary alicyclic amines) is 1. The van der Waals surface area contributed by atoms with E-state index in [2.05, 4.69) is 5.32 Å². The van der Waals surface area contributed by atoms with Crippen molar-refractivity contribution in [3.8, 4) is 5.75 Å². The molecule has 2 fully saturated rings. The van der Waals surface area contributed by atoms with Crippen LogP contribution in [0.4, 0.5) is 0 Å². The molecule has 4 rings (SSSR count). The Morgan fingerprint density at radius 2 is 1.64 bits per heavy atom. The molecule has 2 saturated heterocycles. The number of sulfonamides is 1. The van der Waals surface area contributed by atoms with E-state index < -0.39 is 34.0 Å². The molecule has 2 amide bonds. The quantitative estimate of drug-likeness (QED) is 0.458. The van der Waals surface area contributed by atoms with Gasteiger partial charge in [0.1, 0.15) is 17.8 Å². The number of nitrogens with zero attached hydrogens (tertiary/aromatic N) is 2. The maximum absolute atomic E-state index is 13.2. The molecule has 0 spiro atoms. The summed E-state index contributed by atoms with van der Waals surface area (Å²) >= 11 is 0. The van der Waals surface area contributed by atoms with Gasteiger partial charge in [-0.05, 0) is 68.9 Å². The Morgan fingerprint density at radius 3 is 2.28 bits per heavy atom. The molecule has 39 heavy (non-hydrogen) atoms. The number of aliphatic carboxylic acids is 1. The minimum absolute atomic E-state index is 0.00545. The van der Waals surface area contributed by atoms with Gasteiger partial charge in [0.15, 0.2) is 6.61 Å². The lowest BCUT2D eigenvalue weighted by atomic mass is 10.1. The number of carboxylic acid groups (broad SMARTS) is 1. The minimum Gasteiger partial charge on any atom is -0.484 e. The van der Waals surface area contributed by atoms with Crippen molar-refractivity contribution in [3.05, 3.63) is 59.7 Å². The number of benzene rings is 2. The fourth-order valence-electron chi connectivity index (χ4n) is 4.94. The Morgan fingerprint density at radius 1 is 0.974 bits per heavy atom. The third-order valence-corrected chi connectivity index (χ3v) is 9.11. The molecule has 0 aromatic heterocycles. The van der Waals surface area contributed by atoms with Gasteiger partial charge in [0.25, 0.3) is 5.91 Å². The van der Waals surface area contributed by atoms with Crippen LogP contribution in [0.1, 0.15) is 43.2 Å². The predicted octanol–water partition coefficient (Wildman–Crippen LogP) is 2.35. The van der Waals surface area contributed by atoms with Crippen LogP contribution in [-0.2, 0) is 30.8 Å². The van der Waals surface area contributed by atoms with E-state index in [9.17, 15) is 27.9 Å². The number of piperidine rings is 1. The van der Waals surface area contributed by atoms with Crippen LogP contribution in [0.15, 0.2) is 53.4 Å². The number of rotatable bonds is 10. The number of carboxylic acids is 1. The summed E-state index contributed by atoms with van der Waals surface area (Å²) in [5.74, 6) is -1.42. The Hall–Kier alpha value is -3.44. The van der Waals surface area contributed by atoms with Crippen molar-refractivity contribution in [1.82, 2.24) is 14.5 Å². The third kappa shape index (κ3) is 7.15. The van der Waals surface area contributed by atoms with Crippen molar-refractivity contribution >= 4 is 27.8 Å². The van der Waals surface area contributed by atoms with E-state index in [1.807, 2.05) is 6.92 Å². The first-order chi connectivity index (χ1) is 18.6. The zero-order valence-electron chi connectivity index (χ0n) is 22.0. The molecular weight excluding hydrogens is 522 g/mol. The van der Waals surface area contributed by atoms with Crippen LogP contribution in [0.25, 0.3) is 0 Å². The lowest BCUT2D eigenvalue weighted by Crippen LogP contribution is -2.51. The molecule has 0 saturated carbocycles. The summed E-state index contributed by atoms with van der Waals surface area (Å²) in [4.78, 5) is 39.3. The molecule has 10 nitrogen and oxygen atoms in total.